The van der Waals surface area contributed by atoms with Crippen LogP contribution in [0.3, 0.4) is 0 Å². The third-order valence-corrected chi connectivity index (χ3v) is 3.62. The summed E-state index contributed by atoms with van der Waals surface area (Å²) < 4.78 is 16.3. The molecule has 0 amide bonds. The number of halogens is 1. The lowest BCUT2D eigenvalue weighted by Crippen LogP contribution is -2.14. The van der Waals surface area contributed by atoms with Crippen molar-refractivity contribution < 1.29 is 9.50 Å². The first-order valence-electron chi connectivity index (χ1n) is 7.46. The topological polar surface area (TPSA) is 53.8 Å². The van der Waals surface area contributed by atoms with Gasteiger partial charge in [0.2, 0.25) is 0 Å². The SMILES string of the molecule is CCn1cc(-c2cn[nH]c2)c2cc(C#CC(C)(C)O)c(F)cc21. The number of rotatable bonds is 2. The summed E-state index contributed by atoms with van der Waals surface area (Å²) in [7, 11) is 0. The summed E-state index contributed by atoms with van der Waals surface area (Å²) >= 11 is 0. The summed E-state index contributed by atoms with van der Waals surface area (Å²) in [6.45, 7) is 5.89. The number of nitrogens with zero attached hydrogens (tertiary/aromatic N) is 2. The third kappa shape index (κ3) is 2.99. The van der Waals surface area contributed by atoms with Crippen LogP contribution in [0.15, 0.2) is 30.7 Å². The number of nitrogens with one attached hydrogen (secondary N) is 1. The van der Waals surface area contributed by atoms with Crippen LogP contribution in [0.4, 0.5) is 4.39 Å². The van der Waals surface area contributed by atoms with Crippen molar-refractivity contribution in [1.29, 1.82) is 0 Å². The lowest BCUT2D eigenvalue weighted by molar-refractivity contribution is 0.143. The molecule has 2 N–H and O–H groups in total. The maximum atomic E-state index is 14.3. The predicted molar refractivity (Wildman–Crippen MR) is 88.3 cm³/mol. The summed E-state index contributed by atoms with van der Waals surface area (Å²) in [5, 5.41) is 17.4. The van der Waals surface area contributed by atoms with Crippen molar-refractivity contribution in [3.05, 3.63) is 42.1 Å². The Morgan fingerprint density at radius 1 is 1.39 bits per heavy atom. The number of H-pyrrole nitrogens is 1. The fourth-order valence-corrected chi connectivity index (χ4v) is 2.52. The highest BCUT2D eigenvalue weighted by molar-refractivity contribution is 5.96. The monoisotopic (exact) mass is 311 g/mol. The number of aryl methyl sites for hydroxylation is 1. The Hall–Kier alpha value is -2.58. The Bertz CT molecular complexity index is 906. The molecule has 0 fully saturated rings. The standard InChI is InChI=1S/C18H18FN3O/c1-4-22-11-15(13-9-20-21-10-13)14-7-12(5-6-18(2,3)23)16(19)8-17(14)22/h7-11,23H,4H2,1-3H3,(H,20,21). The van der Waals surface area contributed by atoms with Gasteiger partial charge >= 0.3 is 0 Å². The van der Waals surface area contributed by atoms with E-state index < -0.39 is 5.60 Å². The maximum absolute atomic E-state index is 14.3. The highest BCUT2D eigenvalue weighted by Crippen LogP contribution is 2.31. The largest absolute Gasteiger partial charge is 0.378 e. The molecule has 0 unspecified atom stereocenters. The number of hydrogen-bond acceptors (Lipinski definition) is 2. The molecule has 0 bridgehead atoms. The number of aromatic nitrogens is 3. The summed E-state index contributed by atoms with van der Waals surface area (Å²) in [6.07, 6.45) is 5.53. The lowest BCUT2D eigenvalue weighted by atomic mass is 10.0. The van der Waals surface area contributed by atoms with E-state index in [1.807, 2.05) is 17.7 Å². The van der Waals surface area contributed by atoms with Crippen LogP contribution < -0.4 is 0 Å². The van der Waals surface area contributed by atoms with E-state index in [1.165, 1.54) is 6.07 Å². The van der Waals surface area contributed by atoms with Crippen LogP contribution in [0.25, 0.3) is 22.0 Å². The minimum atomic E-state index is -1.16. The van der Waals surface area contributed by atoms with E-state index in [0.717, 1.165) is 28.6 Å². The summed E-state index contributed by atoms with van der Waals surface area (Å²) in [5.74, 6) is 5.01. The minimum absolute atomic E-state index is 0.276. The van der Waals surface area contributed by atoms with Crippen molar-refractivity contribution in [3.63, 3.8) is 0 Å². The first-order chi connectivity index (χ1) is 10.9. The molecule has 3 aromatic rings. The van der Waals surface area contributed by atoms with E-state index in [9.17, 15) is 9.50 Å². The molecule has 0 saturated carbocycles. The second-order valence-corrected chi connectivity index (χ2v) is 5.97. The number of hydrogen-bond donors (Lipinski definition) is 2. The molecular formula is C18H18FN3O. The van der Waals surface area contributed by atoms with Gasteiger partial charge in [-0.1, -0.05) is 11.8 Å². The van der Waals surface area contributed by atoms with E-state index in [-0.39, 0.29) is 11.4 Å². The van der Waals surface area contributed by atoms with Gasteiger partial charge in [-0.2, -0.15) is 5.10 Å². The van der Waals surface area contributed by atoms with Crippen LogP contribution in [0.5, 0.6) is 0 Å². The molecule has 23 heavy (non-hydrogen) atoms. The molecule has 4 nitrogen and oxygen atoms in total. The number of aromatic amines is 1. The van der Waals surface area contributed by atoms with Crippen molar-refractivity contribution in [2.45, 2.75) is 32.9 Å². The lowest BCUT2D eigenvalue weighted by Gasteiger charge is -2.06. The zero-order valence-electron chi connectivity index (χ0n) is 13.3. The molecule has 0 aliphatic carbocycles. The second kappa shape index (κ2) is 5.56. The number of benzene rings is 1. The average Bonchev–Trinajstić information content (AvgIpc) is 3.10. The molecule has 0 radical (unpaired) electrons. The number of aliphatic hydroxyl groups is 1. The zero-order valence-corrected chi connectivity index (χ0v) is 13.3. The third-order valence-electron chi connectivity index (χ3n) is 3.62. The van der Waals surface area contributed by atoms with Crippen molar-refractivity contribution >= 4 is 10.9 Å². The van der Waals surface area contributed by atoms with Gasteiger partial charge in [0, 0.05) is 35.5 Å². The van der Waals surface area contributed by atoms with E-state index in [2.05, 4.69) is 22.0 Å². The smallest absolute Gasteiger partial charge is 0.140 e. The molecule has 0 spiro atoms. The molecule has 0 aliphatic heterocycles. The molecule has 118 valence electrons. The molecule has 0 aliphatic rings. The predicted octanol–water partition coefficient (Wildman–Crippen LogP) is 3.31. The van der Waals surface area contributed by atoms with Crippen LogP contribution in [0.1, 0.15) is 26.3 Å². The van der Waals surface area contributed by atoms with Crippen molar-refractivity contribution in [3.8, 4) is 23.0 Å². The Balaban J connectivity index is 2.24. The molecular weight excluding hydrogens is 293 g/mol. The minimum Gasteiger partial charge on any atom is -0.378 e. The second-order valence-electron chi connectivity index (χ2n) is 5.97. The fourth-order valence-electron chi connectivity index (χ4n) is 2.52. The van der Waals surface area contributed by atoms with E-state index in [0.29, 0.717) is 0 Å². The van der Waals surface area contributed by atoms with Gasteiger partial charge in [0.05, 0.1) is 17.3 Å². The molecule has 3 rings (SSSR count). The van der Waals surface area contributed by atoms with E-state index in [1.54, 1.807) is 32.3 Å². The molecule has 1 aromatic carbocycles. The van der Waals surface area contributed by atoms with E-state index >= 15 is 0 Å². The molecule has 5 heteroatoms. The van der Waals surface area contributed by atoms with Crippen molar-refractivity contribution in [2.75, 3.05) is 0 Å². The van der Waals surface area contributed by atoms with E-state index in [4.69, 9.17) is 0 Å². The maximum Gasteiger partial charge on any atom is 0.140 e. The van der Waals surface area contributed by atoms with Crippen LogP contribution in [0.2, 0.25) is 0 Å². The van der Waals surface area contributed by atoms with Crippen LogP contribution in [-0.2, 0) is 6.54 Å². The Labute approximate surface area is 134 Å². The van der Waals surface area contributed by atoms with Gasteiger partial charge in [0.25, 0.3) is 0 Å². The Morgan fingerprint density at radius 3 is 2.78 bits per heavy atom. The van der Waals surface area contributed by atoms with Crippen molar-refractivity contribution in [1.82, 2.24) is 14.8 Å². The number of fused-ring (bicyclic) bond motifs is 1. The molecule has 0 atom stereocenters. The van der Waals surface area contributed by atoms with Gasteiger partial charge in [-0.3, -0.25) is 5.10 Å². The Morgan fingerprint density at radius 2 is 2.17 bits per heavy atom. The first-order valence-corrected chi connectivity index (χ1v) is 7.46. The highest BCUT2D eigenvalue weighted by atomic mass is 19.1. The van der Waals surface area contributed by atoms with Gasteiger partial charge < -0.3 is 9.67 Å². The molecule has 2 heterocycles. The average molecular weight is 311 g/mol. The van der Waals surface area contributed by atoms with Crippen LogP contribution in [0, 0.1) is 17.7 Å². The van der Waals surface area contributed by atoms with Crippen LogP contribution >= 0.6 is 0 Å². The first kappa shape index (κ1) is 15.3. The normalized spacial score (nSPS) is 11.5. The molecule has 0 saturated heterocycles. The summed E-state index contributed by atoms with van der Waals surface area (Å²) in [4.78, 5) is 0. The highest BCUT2D eigenvalue weighted by Gasteiger charge is 2.14. The van der Waals surface area contributed by atoms with Gasteiger partial charge in [-0.15, -0.1) is 0 Å². The fraction of sp³-hybridized carbons (Fsp3) is 0.278. The summed E-state index contributed by atoms with van der Waals surface area (Å²) in [5.41, 5.74) is 1.84. The van der Waals surface area contributed by atoms with Gasteiger partial charge in [-0.05, 0) is 32.9 Å². The summed E-state index contributed by atoms with van der Waals surface area (Å²) in [6, 6.07) is 3.23. The van der Waals surface area contributed by atoms with Crippen molar-refractivity contribution in [2.24, 2.45) is 0 Å². The Kier molecular flexibility index (Phi) is 3.70. The quantitative estimate of drug-likeness (QED) is 0.713. The molecule has 2 aromatic heterocycles. The van der Waals surface area contributed by atoms with Crippen LogP contribution in [-0.4, -0.2) is 25.5 Å². The van der Waals surface area contributed by atoms with Gasteiger partial charge in [-0.25, -0.2) is 4.39 Å². The van der Waals surface area contributed by atoms with Gasteiger partial charge in [0.15, 0.2) is 0 Å². The zero-order chi connectivity index (χ0) is 16.6. The van der Waals surface area contributed by atoms with Gasteiger partial charge in [0.1, 0.15) is 11.4 Å².